The van der Waals surface area contributed by atoms with E-state index in [1.165, 1.54) is 6.21 Å². The van der Waals surface area contributed by atoms with E-state index in [0.29, 0.717) is 6.07 Å². The van der Waals surface area contributed by atoms with Crippen LogP contribution in [0.2, 0.25) is 0 Å². The number of nitro groups is 1. The first-order chi connectivity index (χ1) is 13.2. The molecular formula is C19H17F3N4O2. The lowest BCUT2D eigenvalue weighted by molar-refractivity contribution is -0.384. The molecule has 3 aromatic rings. The van der Waals surface area contributed by atoms with Gasteiger partial charge in [0, 0.05) is 34.8 Å². The van der Waals surface area contributed by atoms with Gasteiger partial charge in [0.15, 0.2) is 0 Å². The highest BCUT2D eigenvalue weighted by molar-refractivity contribution is 5.99. The molecule has 3 rings (SSSR count). The maximum Gasteiger partial charge on any atom is 0.416 e. The predicted octanol–water partition coefficient (Wildman–Crippen LogP) is 5.60. The van der Waals surface area contributed by atoms with Gasteiger partial charge in [-0.15, -0.1) is 0 Å². The minimum atomic E-state index is -4.66. The number of fused-ring (bicyclic) bond motifs is 1. The van der Waals surface area contributed by atoms with Gasteiger partial charge in [-0.3, -0.25) is 15.5 Å². The molecule has 0 aliphatic rings. The number of nitrogens with one attached hydrogen (secondary N) is 1. The standard InChI is InChI=1S/C19H17F3N4O2/c1-12(2)25-11-13(15-5-3-4-6-17(15)25)10-23-24-16-8-7-14(19(20,21)22)9-18(16)26(27)28/h3-12,24H,1-2H3/b23-10-. The first-order valence-corrected chi connectivity index (χ1v) is 8.42. The second-order valence-electron chi connectivity index (χ2n) is 6.46. The Morgan fingerprint density at radius 1 is 1.21 bits per heavy atom. The molecule has 0 aliphatic heterocycles. The first-order valence-electron chi connectivity index (χ1n) is 8.42. The van der Waals surface area contributed by atoms with Gasteiger partial charge in [0.25, 0.3) is 5.69 Å². The number of hydrogen-bond acceptors (Lipinski definition) is 4. The van der Waals surface area contributed by atoms with Crippen molar-refractivity contribution in [3.63, 3.8) is 0 Å². The number of hydrogen-bond donors (Lipinski definition) is 1. The minimum absolute atomic E-state index is 0.123. The van der Waals surface area contributed by atoms with Crippen LogP contribution < -0.4 is 5.43 Å². The molecule has 0 unspecified atom stereocenters. The van der Waals surface area contributed by atoms with E-state index in [1.807, 2.05) is 44.3 Å². The molecule has 9 heteroatoms. The molecule has 0 radical (unpaired) electrons. The average Bonchev–Trinajstić information content (AvgIpc) is 3.00. The molecule has 2 aromatic carbocycles. The number of para-hydroxylation sites is 1. The van der Waals surface area contributed by atoms with Crippen LogP contribution in [-0.4, -0.2) is 15.7 Å². The second kappa shape index (κ2) is 7.34. The van der Waals surface area contributed by atoms with Crippen LogP contribution in [0.1, 0.15) is 31.0 Å². The van der Waals surface area contributed by atoms with Crippen LogP contribution in [0.4, 0.5) is 24.5 Å². The number of nitro benzene ring substituents is 1. The molecule has 0 atom stereocenters. The normalized spacial score (nSPS) is 12.2. The van der Waals surface area contributed by atoms with E-state index >= 15 is 0 Å². The van der Waals surface area contributed by atoms with Gasteiger partial charge in [0.2, 0.25) is 0 Å². The van der Waals surface area contributed by atoms with E-state index in [0.717, 1.165) is 28.6 Å². The van der Waals surface area contributed by atoms with Crippen molar-refractivity contribution in [3.8, 4) is 0 Å². The second-order valence-corrected chi connectivity index (χ2v) is 6.46. The number of anilines is 1. The van der Waals surface area contributed by atoms with Crippen molar-refractivity contribution in [1.29, 1.82) is 0 Å². The van der Waals surface area contributed by atoms with Gasteiger partial charge in [0.1, 0.15) is 5.69 Å². The van der Waals surface area contributed by atoms with Crippen LogP contribution in [-0.2, 0) is 6.18 Å². The summed E-state index contributed by atoms with van der Waals surface area (Å²) in [5.74, 6) is 0. The number of alkyl halides is 3. The third-order valence-electron chi connectivity index (χ3n) is 4.24. The third-order valence-corrected chi connectivity index (χ3v) is 4.24. The van der Waals surface area contributed by atoms with E-state index in [2.05, 4.69) is 15.1 Å². The quantitative estimate of drug-likeness (QED) is 0.350. The van der Waals surface area contributed by atoms with Crippen molar-refractivity contribution >= 4 is 28.5 Å². The molecule has 0 spiro atoms. The predicted molar refractivity (Wildman–Crippen MR) is 102 cm³/mol. The van der Waals surface area contributed by atoms with E-state index in [1.54, 1.807) is 0 Å². The van der Waals surface area contributed by atoms with E-state index < -0.39 is 22.4 Å². The minimum Gasteiger partial charge on any atom is -0.344 e. The summed E-state index contributed by atoms with van der Waals surface area (Å²) in [6, 6.07) is 10.2. The summed E-state index contributed by atoms with van der Waals surface area (Å²) in [5.41, 5.74) is 2.36. The lowest BCUT2D eigenvalue weighted by atomic mass is 10.1. The van der Waals surface area contributed by atoms with Crippen molar-refractivity contribution in [2.24, 2.45) is 5.10 Å². The first kappa shape index (κ1) is 19.4. The zero-order chi connectivity index (χ0) is 20.5. The number of halogens is 3. The van der Waals surface area contributed by atoms with Gasteiger partial charge in [-0.2, -0.15) is 18.3 Å². The van der Waals surface area contributed by atoms with Gasteiger partial charge in [-0.1, -0.05) is 18.2 Å². The van der Waals surface area contributed by atoms with Crippen molar-refractivity contribution in [2.45, 2.75) is 26.1 Å². The smallest absolute Gasteiger partial charge is 0.344 e. The van der Waals surface area contributed by atoms with Gasteiger partial charge in [-0.05, 0) is 32.0 Å². The zero-order valence-electron chi connectivity index (χ0n) is 15.1. The molecule has 0 aliphatic carbocycles. The average molecular weight is 390 g/mol. The lowest BCUT2D eigenvalue weighted by Crippen LogP contribution is -2.06. The van der Waals surface area contributed by atoms with Crippen LogP contribution in [0.25, 0.3) is 10.9 Å². The van der Waals surface area contributed by atoms with Crippen LogP contribution >= 0.6 is 0 Å². The largest absolute Gasteiger partial charge is 0.416 e. The Hall–Kier alpha value is -3.36. The van der Waals surface area contributed by atoms with E-state index in [4.69, 9.17) is 0 Å². The Labute approximate surface area is 158 Å². The molecule has 0 amide bonds. The summed E-state index contributed by atoms with van der Waals surface area (Å²) < 4.78 is 40.4. The summed E-state index contributed by atoms with van der Waals surface area (Å²) in [6.45, 7) is 4.08. The highest BCUT2D eigenvalue weighted by Gasteiger charge is 2.33. The van der Waals surface area contributed by atoms with Crippen molar-refractivity contribution in [3.05, 3.63) is 69.9 Å². The van der Waals surface area contributed by atoms with Gasteiger partial charge in [-0.25, -0.2) is 0 Å². The van der Waals surface area contributed by atoms with Gasteiger partial charge < -0.3 is 4.57 Å². The number of nitrogens with zero attached hydrogens (tertiary/aromatic N) is 3. The molecule has 6 nitrogen and oxygen atoms in total. The van der Waals surface area contributed by atoms with E-state index in [9.17, 15) is 23.3 Å². The Morgan fingerprint density at radius 3 is 2.57 bits per heavy atom. The highest BCUT2D eigenvalue weighted by atomic mass is 19.4. The van der Waals surface area contributed by atoms with Crippen molar-refractivity contribution < 1.29 is 18.1 Å². The summed E-state index contributed by atoms with van der Waals surface area (Å²) in [5, 5.41) is 16.1. The fourth-order valence-electron chi connectivity index (χ4n) is 2.89. The molecule has 1 heterocycles. The maximum absolute atomic E-state index is 12.8. The Balaban J connectivity index is 1.92. The lowest BCUT2D eigenvalue weighted by Gasteiger charge is -2.08. The Morgan fingerprint density at radius 2 is 1.93 bits per heavy atom. The molecule has 0 saturated carbocycles. The Bertz CT molecular complexity index is 1060. The maximum atomic E-state index is 12.8. The van der Waals surface area contributed by atoms with Crippen LogP contribution in [0.15, 0.2) is 53.8 Å². The van der Waals surface area contributed by atoms with E-state index in [-0.39, 0.29) is 11.7 Å². The number of rotatable bonds is 5. The third kappa shape index (κ3) is 3.83. The summed E-state index contributed by atoms with van der Waals surface area (Å²) in [7, 11) is 0. The topological polar surface area (TPSA) is 72.5 Å². The molecular weight excluding hydrogens is 373 g/mol. The monoisotopic (exact) mass is 390 g/mol. The Kier molecular flexibility index (Phi) is 5.08. The summed E-state index contributed by atoms with van der Waals surface area (Å²) in [4.78, 5) is 10.3. The fraction of sp³-hybridized carbons (Fsp3) is 0.211. The molecule has 28 heavy (non-hydrogen) atoms. The summed E-state index contributed by atoms with van der Waals surface area (Å²) in [6.07, 6.45) is -1.27. The van der Waals surface area contributed by atoms with Crippen molar-refractivity contribution in [2.75, 3.05) is 5.43 Å². The van der Waals surface area contributed by atoms with Crippen LogP contribution in [0, 0.1) is 10.1 Å². The summed E-state index contributed by atoms with van der Waals surface area (Å²) >= 11 is 0. The van der Waals surface area contributed by atoms with Crippen LogP contribution in [0.3, 0.4) is 0 Å². The number of hydrazone groups is 1. The molecule has 0 bridgehead atoms. The van der Waals surface area contributed by atoms with Gasteiger partial charge >= 0.3 is 6.18 Å². The number of benzene rings is 2. The molecule has 1 N–H and O–H groups in total. The van der Waals surface area contributed by atoms with Gasteiger partial charge in [0.05, 0.1) is 16.7 Å². The van der Waals surface area contributed by atoms with Crippen LogP contribution in [0.5, 0.6) is 0 Å². The fourth-order valence-corrected chi connectivity index (χ4v) is 2.89. The van der Waals surface area contributed by atoms with Crippen molar-refractivity contribution in [1.82, 2.24) is 4.57 Å². The number of aromatic nitrogens is 1. The SMILES string of the molecule is CC(C)n1cc(/C=N\Nc2ccc(C(F)(F)F)cc2[N+](=O)[O-])c2ccccc21. The molecule has 0 saturated heterocycles. The molecule has 0 fully saturated rings. The highest BCUT2D eigenvalue weighted by Crippen LogP contribution is 2.35. The molecule has 146 valence electrons. The zero-order valence-corrected chi connectivity index (χ0v) is 15.1. The molecule has 1 aromatic heterocycles.